The molecule has 0 radical (unpaired) electrons. The molecule has 0 amide bonds. The third-order valence-corrected chi connectivity index (χ3v) is 2.13. The third kappa shape index (κ3) is 3.10. The number of nitrogens with two attached hydrogens (primary N) is 1. The van der Waals surface area contributed by atoms with Gasteiger partial charge in [0.15, 0.2) is 5.82 Å². The molecule has 0 aromatic carbocycles. The van der Waals surface area contributed by atoms with Crippen LogP contribution in [-0.2, 0) is 6.42 Å². The van der Waals surface area contributed by atoms with Crippen molar-refractivity contribution in [2.45, 2.75) is 52.0 Å². The first-order valence-corrected chi connectivity index (χ1v) is 5.21. The number of nitrogens with zero attached hydrogens (tertiary/aromatic N) is 2. The first kappa shape index (κ1) is 11.2. The van der Waals surface area contributed by atoms with Crippen LogP contribution in [0.4, 0.5) is 0 Å². The van der Waals surface area contributed by atoms with E-state index in [4.69, 9.17) is 10.3 Å². The Morgan fingerprint density at radius 2 is 2.14 bits per heavy atom. The molecule has 0 saturated carbocycles. The van der Waals surface area contributed by atoms with Gasteiger partial charge in [0, 0.05) is 18.4 Å². The van der Waals surface area contributed by atoms with Crippen molar-refractivity contribution in [1.82, 2.24) is 10.1 Å². The van der Waals surface area contributed by atoms with Crippen LogP contribution in [0.25, 0.3) is 0 Å². The van der Waals surface area contributed by atoms with Gasteiger partial charge < -0.3 is 10.3 Å². The Bertz CT molecular complexity index is 270. The molecular weight excluding hydrogens is 178 g/mol. The van der Waals surface area contributed by atoms with Crippen molar-refractivity contribution in [3.8, 4) is 0 Å². The van der Waals surface area contributed by atoms with Crippen molar-refractivity contribution in [3.63, 3.8) is 0 Å². The minimum Gasteiger partial charge on any atom is -0.339 e. The zero-order valence-electron chi connectivity index (χ0n) is 9.16. The fraction of sp³-hybridized carbons (Fsp3) is 0.800. The van der Waals surface area contributed by atoms with E-state index in [1.807, 2.05) is 6.92 Å². The molecule has 2 N–H and O–H groups in total. The summed E-state index contributed by atoms with van der Waals surface area (Å²) in [6.07, 6.45) is 2.90. The average molecular weight is 197 g/mol. The Balaban J connectivity index is 2.58. The lowest BCUT2D eigenvalue weighted by Gasteiger charge is -2.02. The largest absolute Gasteiger partial charge is 0.339 e. The van der Waals surface area contributed by atoms with Gasteiger partial charge in [-0.1, -0.05) is 25.4 Å². The van der Waals surface area contributed by atoms with Crippen molar-refractivity contribution in [2.75, 3.05) is 0 Å². The molecule has 1 aromatic rings. The molecule has 80 valence electrons. The number of aromatic nitrogens is 2. The van der Waals surface area contributed by atoms with Crippen LogP contribution in [0.3, 0.4) is 0 Å². The lowest BCUT2D eigenvalue weighted by atomic mass is 10.1. The van der Waals surface area contributed by atoms with Crippen LogP contribution < -0.4 is 5.73 Å². The third-order valence-electron chi connectivity index (χ3n) is 2.13. The zero-order valence-corrected chi connectivity index (χ0v) is 9.16. The zero-order chi connectivity index (χ0) is 10.6. The van der Waals surface area contributed by atoms with E-state index in [1.165, 1.54) is 0 Å². The highest BCUT2D eigenvalue weighted by Gasteiger charge is 2.13. The molecule has 0 bridgehead atoms. The minimum atomic E-state index is 0.0851. The molecule has 14 heavy (non-hydrogen) atoms. The van der Waals surface area contributed by atoms with Crippen molar-refractivity contribution < 1.29 is 4.52 Å². The van der Waals surface area contributed by atoms with E-state index < -0.39 is 0 Å². The van der Waals surface area contributed by atoms with E-state index in [0.717, 1.165) is 24.6 Å². The van der Waals surface area contributed by atoms with Gasteiger partial charge in [-0.2, -0.15) is 4.98 Å². The van der Waals surface area contributed by atoms with Crippen LogP contribution in [0.5, 0.6) is 0 Å². The second-order valence-electron chi connectivity index (χ2n) is 3.92. The van der Waals surface area contributed by atoms with Crippen molar-refractivity contribution >= 4 is 0 Å². The summed E-state index contributed by atoms with van der Waals surface area (Å²) < 4.78 is 5.16. The predicted octanol–water partition coefficient (Wildman–Crippen LogP) is 1.86. The van der Waals surface area contributed by atoms with Crippen molar-refractivity contribution in [3.05, 3.63) is 11.7 Å². The van der Waals surface area contributed by atoms with E-state index >= 15 is 0 Å². The van der Waals surface area contributed by atoms with Gasteiger partial charge >= 0.3 is 0 Å². The molecule has 1 rings (SSSR count). The lowest BCUT2D eigenvalue weighted by molar-refractivity contribution is 0.348. The molecule has 0 aliphatic rings. The molecule has 4 nitrogen and oxygen atoms in total. The normalized spacial score (nSPS) is 15.4. The van der Waals surface area contributed by atoms with Crippen molar-refractivity contribution in [2.24, 2.45) is 5.73 Å². The molecule has 0 aliphatic heterocycles. The molecule has 0 saturated heterocycles. The minimum absolute atomic E-state index is 0.0851. The highest BCUT2D eigenvalue weighted by Crippen LogP contribution is 2.18. The van der Waals surface area contributed by atoms with Crippen LogP contribution in [0.1, 0.15) is 51.2 Å². The van der Waals surface area contributed by atoms with E-state index in [0.29, 0.717) is 12.3 Å². The summed E-state index contributed by atoms with van der Waals surface area (Å²) in [5.41, 5.74) is 5.65. The molecule has 0 fully saturated rings. The quantitative estimate of drug-likeness (QED) is 0.782. The molecule has 0 aliphatic carbocycles. The number of hydrogen-bond acceptors (Lipinski definition) is 4. The van der Waals surface area contributed by atoms with Crippen LogP contribution in [0, 0.1) is 0 Å². The summed E-state index contributed by atoms with van der Waals surface area (Å²) >= 11 is 0. The summed E-state index contributed by atoms with van der Waals surface area (Å²) in [4.78, 5) is 4.31. The van der Waals surface area contributed by atoms with Gasteiger partial charge in [0.1, 0.15) is 0 Å². The van der Waals surface area contributed by atoms with Gasteiger partial charge in [-0.25, -0.2) is 0 Å². The van der Waals surface area contributed by atoms with Crippen molar-refractivity contribution in [1.29, 1.82) is 0 Å². The van der Waals surface area contributed by atoms with E-state index in [1.54, 1.807) is 0 Å². The van der Waals surface area contributed by atoms with Gasteiger partial charge in [-0.3, -0.25) is 0 Å². The highest BCUT2D eigenvalue weighted by atomic mass is 16.5. The van der Waals surface area contributed by atoms with E-state index in [2.05, 4.69) is 24.0 Å². The van der Waals surface area contributed by atoms with Gasteiger partial charge in [0.25, 0.3) is 0 Å². The Labute approximate surface area is 84.9 Å². The molecule has 4 heteroatoms. The molecular formula is C10H19N3O. The monoisotopic (exact) mass is 197 g/mol. The highest BCUT2D eigenvalue weighted by molar-refractivity contribution is 4.93. The Hall–Kier alpha value is -0.900. The maximum atomic E-state index is 5.65. The summed E-state index contributed by atoms with van der Waals surface area (Å²) in [6.45, 7) is 6.19. The molecule has 2 atom stereocenters. The summed E-state index contributed by atoms with van der Waals surface area (Å²) in [7, 11) is 0. The number of rotatable bonds is 5. The molecule has 1 aromatic heterocycles. The SMILES string of the molecule is CCCC(C)c1nc(CC(C)N)no1. The number of hydrogen-bond donors (Lipinski definition) is 1. The summed E-state index contributed by atoms with van der Waals surface area (Å²) in [6, 6.07) is 0.0851. The smallest absolute Gasteiger partial charge is 0.229 e. The fourth-order valence-electron chi connectivity index (χ4n) is 1.40. The Kier molecular flexibility index (Phi) is 4.07. The van der Waals surface area contributed by atoms with Gasteiger partial charge in [0.2, 0.25) is 5.89 Å². The Morgan fingerprint density at radius 1 is 1.43 bits per heavy atom. The Morgan fingerprint density at radius 3 is 2.71 bits per heavy atom. The topological polar surface area (TPSA) is 64.9 Å². The second-order valence-corrected chi connectivity index (χ2v) is 3.92. The van der Waals surface area contributed by atoms with Crippen LogP contribution in [-0.4, -0.2) is 16.2 Å². The first-order valence-electron chi connectivity index (χ1n) is 5.21. The molecule has 0 spiro atoms. The van der Waals surface area contributed by atoms with Crippen LogP contribution in [0.15, 0.2) is 4.52 Å². The lowest BCUT2D eigenvalue weighted by Crippen LogP contribution is -2.18. The van der Waals surface area contributed by atoms with E-state index in [9.17, 15) is 0 Å². The standard InChI is InChI=1S/C10H19N3O/c1-4-5-7(2)10-12-9(13-14-10)6-8(3)11/h7-8H,4-6,11H2,1-3H3. The van der Waals surface area contributed by atoms with E-state index in [-0.39, 0.29) is 6.04 Å². The fourth-order valence-corrected chi connectivity index (χ4v) is 1.40. The maximum Gasteiger partial charge on any atom is 0.229 e. The van der Waals surface area contributed by atoms with Gasteiger partial charge in [-0.15, -0.1) is 0 Å². The van der Waals surface area contributed by atoms with Gasteiger partial charge in [0.05, 0.1) is 0 Å². The molecule has 2 unspecified atom stereocenters. The molecule has 1 heterocycles. The summed E-state index contributed by atoms with van der Waals surface area (Å²) in [5.74, 6) is 1.81. The first-order chi connectivity index (χ1) is 6.63. The average Bonchev–Trinajstić information content (AvgIpc) is 2.52. The summed E-state index contributed by atoms with van der Waals surface area (Å²) in [5, 5.41) is 3.89. The second kappa shape index (κ2) is 5.10. The van der Waals surface area contributed by atoms with Gasteiger partial charge in [-0.05, 0) is 13.3 Å². The van der Waals surface area contributed by atoms with Crippen LogP contribution in [0.2, 0.25) is 0 Å². The van der Waals surface area contributed by atoms with Crippen LogP contribution >= 0.6 is 0 Å². The predicted molar refractivity (Wildman–Crippen MR) is 55.0 cm³/mol. The maximum absolute atomic E-state index is 5.65.